The Kier molecular flexibility index (Phi) is 2.82. The fraction of sp³-hybridized carbons (Fsp3) is 0.429. The second-order valence-electron chi connectivity index (χ2n) is 5.87. The monoisotopic (exact) mass is 321 g/mol. The lowest BCUT2D eigenvalue weighted by Crippen LogP contribution is -2.37. The first-order valence-electron chi connectivity index (χ1n) is 7.18. The fourth-order valence-electron chi connectivity index (χ4n) is 3.84. The van der Waals surface area contributed by atoms with Gasteiger partial charge >= 0.3 is 5.97 Å². The first-order valence-corrected chi connectivity index (χ1v) is 8.62. The molecular formula is C14H15N3O4S. The van der Waals surface area contributed by atoms with E-state index in [-0.39, 0.29) is 10.9 Å². The zero-order chi connectivity index (χ0) is 15.5. The largest absolute Gasteiger partial charge is 0.481 e. The highest BCUT2D eigenvalue weighted by atomic mass is 32.2. The van der Waals surface area contributed by atoms with Crippen LogP contribution in [-0.2, 0) is 14.8 Å². The minimum absolute atomic E-state index is 0.179. The van der Waals surface area contributed by atoms with E-state index in [0.717, 1.165) is 6.42 Å². The van der Waals surface area contributed by atoms with E-state index >= 15 is 0 Å². The summed E-state index contributed by atoms with van der Waals surface area (Å²) in [6.45, 7) is 0. The number of hydrogen-bond donors (Lipinski definition) is 2. The number of carbonyl (C=O) groups is 1. The van der Waals surface area contributed by atoms with E-state index in [1.54, 1.807) is 18.3 Å². The molecule has 0 radical (unpaired) electrons. The zero-order valence-corrected chi connectivity index (χ0v) is 12.5. The molecule has 0 spiro atoms. The molecule has 0 aromatic carbocycles. The molecule has 2 saturated heterocycles. The lowest BCUT2D eigenvalue weighted by atomic mass is 9.89. The van der Waals surface area contributed by atoms with Gasteiger partial charge < -0.3 is 10.1 Å². The summed E-state index contributed by atoms with van der Waals surface area (Å²) in [5.41, 5.74) is 0.516. The molecule has 8 heteroatoms. The van der Waals surface area contributed by atoms with Crippen molar-refractivity contribution in [2.75, 3.05) is 0 Å². The summed E-state index contributed by atoms with van der Waals surface area (Å²) >= 11 is 0. The van der Waals surface area contributed by atoms with Crippen molar-refractivity contribution in [3.05, 3.63) is 24.5 Å². The summed E-state index contributed by atoms with van der Waals surface area (Å²) in [6.07, 6.45) is 4.78. The van der Waals surface area contributed by atoms with Crippen molar-refractivity contribution in [2.24, 2.45) is 5.92 Å². The van der Waals surface area contributed by atoms with E-state index in [0.29, 0.717) is 23.9 Å². The average Bonchev–Trinajstić information content (AvgIpc) is 3.19. The van der Waals surface area contributed by atoms with Gasteiger partial charge in [0.05, 0.1) is 5.92 Å². The van der Waals surface area contributed by atoms with Crippen molar-refractivity contribution >= 4 is 27.0 Å². The molecule has 0 saturated carbocycles. The smallest absolute Gasteiger partial charge is 0.308 e. The number of nitrogens with zero attached hydrogens (tertiary/aromatic N) is 2. The van der Waals surface area contributed by atoms with E-state index < -0.39 is 28.0 Å². The molecule has 22 heavy (non-hydrogen) atoms. The van der Waals surface area contributed by atoms with Crippen molar-refractivity contribution in [3.8, 4) is 0 Å². The third kappa shape index (κ3) is 1.74. The predicted octanol–water partition coefficient (Wildman–Crippen LogP) is 1.19. The van der Waals surface area contributed by atoms with Crippen molar-refractivity contribution in [1.82, 2.24) is 14.3 Å². The maximum Gasteiger partial charge on any atom is 0.308 e. The Balaban J connectivity index is 1.80. The minimum Gasteiger partial charge on any atom is -0.481 e. The van der Waals surface area contributed by atoms with Crippen LogP contribution in [0.25, 0.3) is 11.0 Å². The van der Waals surface area contributed by atoms with Crippen LogP contribution in [0.5, 0.6) is 0 Å². The van der Waals surface area contributed by atoms with Crippen LogP contribution in [0.4, 0.5) is 0 Å². The van der Waals surface area contributed by atoms with E-state index in [9.17, 15) is 18.3 Å². The molecule has 0 unspecified atom stereocenters. The molecule has 2 N–H and O–H groups in total. The number of aliphatic carboxylic acids is 1. The van der Waals surface area contributed by atoms with Crippen LogP contribution in [0.15, 0.2) is 29.4 Å². The third-order valence-corrected chi connectivity index (χ3v) is 6.78. The lowest BCUT2D eigenvalue weighted by Gasteiger charge is -2.22. The van der Waals surface area contributed by atoms with Gasteiger partial charge in [0, 0.05) is 29.9 Å². The van der Waals surface area contributed by atoms with Gasteiger partial charge in [0.2, 0.25) is 10.0 Å². The fourth-order valence-corrected chi connectivity index (χ4v) is 5.91. The second-order valence-corrected chi connectivity index (χ2v) is 7.68. The molecule has 7 nitrogen and oxygen atoms in total. The summed E-state index contributed by atoms with van der Waals surface area (Å²) in [6, 6.07) is 2.75. The molecule has 4 heterocycles. The number of carboxylic acid groups (broad SMARTS) is 1. The number of hydrogen-bond acceptors (Lipinski definition) is 4. The van der Waals surface area contributed by atoms with Crippen LogP contribution in [-0.4, -0.2) is 45.9 Å². The Hall–Kier alpha value is -1.93. The first kappa shape index (κ1) is 13.7. The Morgan fingerprint density at radius 2 is 2.23 bits per heavy atom. The quantitative estimate of drug-likeness (QED) is 0.884. The average molecular weight is 321 g/mol. The van der Waals surface area contributed by atoms with Crippen LogP contribution in [0.1, 0.15) is 19.3 Å². The number of fused-ring (bicyclic) bond motifs is 3. The van der Waals surface area contributed by atoms with Crippen molar-refractivity contribution < 1.29 is 18.3 Å². The van der Waals surface area contributed by atoms with Crippen LogP contribution < -0.4 is 0 Å². The maximum absolute atomic E-state index is 13.0. The molecule has 2 fully saturated rings. The number of sulfonamides is 1. The van der Waals surface area contributed by atoms with Crippen LogP contribution >= 0.6 is 0 Å². The Morgan fingerprint density at radius 3 is 2.95 bits per heavy atom. The molecule has 0 amide bonds. The first-order chi connectivity index (χ1) is 10.5. The van der Waals surface area contributed by atoms with Crippen LogP contribution in [0.3, 0.4) is 0 Å². The molecule has 4 rings (SSSR count). The van der Waals surface area contributed by atoms with Gasteiger partial charge in [0.25, 0.3) is 0 Å². The van der Waals surface area contributed by atoms with Gasteiger partial charge in [-0.2, -0.15) is 4.31 Å². The normalized spacial score (nSPS) is 28.5. The van der Waals surface area contributed by atoms with Gasteiger partial charge in [-0.3, -0.25) is 4.79 Å². The summed E-state index contributed by atoms with van der Waals surface area (Å²) in [7, 11) is -3.73. The van der Waals surface area contributed by atoms with E-state index in [2.05, 4.69) is 9.97 Å². The molecular weight excluding hydrogens is 306 g/mol. The van der Waals surface area contributed by atoms with Gasteiger partial charge in [-0.15, -0.1) is 0 Å². The summed E-state index contributed by atoms with van der Waals surface area (Å²) < 4.78 is 27.5. The van der Waals surface area contributed by atoms with Crippen LogP contribution in [0, 0.1) is 5.92 Å². The third-order valence-electron chi connectivity index (χ3n) is 4.76. The molecule has 116 valence electrons. The van der Waals surface area contributed by atoms with Crippen molar-refractivity contribution in [2.45, 2.75) is 36.2 Å². The highest BCUT2D eigenvalue weighted by Gasteiger charge is 2.54. The molecule has 0 aliphatic carbocycles. The van der Waals surface area contributed by atoms with E-state index in [4.69, 9.17) is 0 Å². The molecule has 2 aliphatic heterocycles. The van der Waals surface area contributed by atoms with Crippen LogP contribution in [0.2, 0.25) is 0 Å². The van der Waals surface area contributed by atoms with Gasteiger partial charge in [0.1, 0.15) is 10.5 Å². The zero-order valence-electron chi connectivity index (χ0n) is 11.6. The van der Waals surface area contributed by atoms with Gasteiger partial charge in [-0.25, -0.2) is 13.4 Å². The molecule has 3 atom stereocenters. The summed E-state index contributed by atoms with van der Waals surface area (Å²) in [5, 5.41) is 9.83. The lowest BCUT2D eigenvalue weighted by molar-refractivity contribution is -0.142. The maximum atomic E-state index is 13.0. The number of nitrogens with one attached hydrogen (secondary N) is 1. The van der Waals surface area contributed by atoms with E-state index in [1.807, 2.05) is 0 Å². The number of pyridine rings is 1. The Bertz CT molecular complexity index is 860. The molecule has 2 aromatic heterocycles. The van der Waals surface area contributed by atoms with Gasteiger partial charge in [-0.05, 0) is 31.4 Å². The van der Waals surface area contributed by atoms with E-state index in [1.165, 1.54) is 10.5 Å². The minimum atomic E-state index is -3.73. The summed E-state index contributed by atoms with van der Waals surface area (Å²) in [5.74, 6) is -1.51. The molecule has 2 aliphatic rings. The Morgan fingerprint density at radius 1 is 1.41 bits per heavy atom. The number of aromatic nitrogens is 2. The van der Waals surface area contributed by atoms with Gasteiger partial charge in [-0.1, -0.05) is 0 Å². The number of aromatic amines is 1. The second kappa shape index (κ2) is 4.53. The standard InChI is InChI=1S/C14H15N3O4S/c18-14(19)10-6-8-3-4-11(10)17(8)22(20,21)12-7-16-13-9(12)2-1-5-15-13/h1-2,5,7-8,10-11H,3-4,6H2,(H,15,16)(H,18,19)/t8-,10-,11-/m1/s1. The number of H-pyrrole nitrogens is 1. The molecule has 2 bridgehead atoms. The summed E-state index contributed by atoms with van der Waals surface area (Å²) in [4.78, 5) is 18.5. The highest BCUT2D eigenvalue weighted by molar-refractivity contribution is 7.89. The van der Waals surface area contributed by atoms with Crippen molar-refractivity contribution in [1.29, 1.82) is 0 Å². The van der Waals surface area contributed by atoms with Crippen molar-refractivity contribution in [3.63, 3.8) is 0 Å². The number of carboxylic acids is 1. The highest BCUT2D eigenvalue weighted by Crippen LogP contribution is 2.45. The Labute approximate surface area is 127 Å². The molecule has 2 aromatic rings. The van der Waals surface area contributed by atoms with Gasteiger partial charge in [0.15, 0.2) is 0 Å². The number of rotatable bonds is 3. The predicted molar refractivity (Wildman–Crippen MR) is 77.7 cm³/mol. The topological polar surface area (TPSA) is 103 Å². The SMILES string of the molecule is O=C(O)[C@@H]1C[C@H]2CC[C@H]1N2S(=O)(=O)c1c[nH]c2ncccc12.